The van der Waals surface area contributed by atoms with Gasteiger partial charge in [-0.3, -0.25) is 0 Å². The van der Waals surface area contributed by atoms with Crippen molar-refractivity contribution >= 4 is 27.5 Å². The van der Waals surface area contributed by atoms with Crippen LogP contribution in [-0.2, 0) is 0 Å². The lowest BCUT2D eigenvalue weighted by Crippen LogP contribution is -2.38. The maximum Gasteiger partial charge on any atom is 0.158 e. The number of ether oxygens (including phenoxy) is 1. The molecule has 3 rings (SSSR count). The number of nitrogens with one attached hydrogen (secondary N) is 1. The van der Waals surface area contributed by atoms with Gasteiger partial charge in [0.1, 0.15) is 18.1 Å². The molecule has 2 aromatic carbocycles. The molecule has 0 bridgehead atoms. The highest BCUT2D eigenvalue weighted by atomic mass is 79.9. The van der Waals surface area contributed by atoms with Crippen LogP contribution in [0, 0.1) is 17.7 Å². The van der Waals surface area contributed by atoms with Crippen molar-refractivity contribution in [1.29, 1.82) is 0 Å². The molecule has 0 spiro atoms. The zero-order chi connectivity index (χ0) is 22.9. The summed E-state index contributed by atoms with van der Waals surface area (Å²) < 4.78 is 20.9. The molecule has 0 atom stereocenters. The first-order valence-electron chi connectivity index (χ1n) is 9.81. The van der Waals surface area contributed by atoms with Gasteiger partial charge in [-0.2, -0.15) is 0 Å². The van der Waals surface area contributed by atoms with E-state index in [0.29, 0.717) is 39.5 Å². The third-order valence-corrected chi connectivity index (χ3v) is 5.38. The van der Waals surface area contributed by atoms with Crippen molar-refractivity contribution in [3.8, 4) is 28.7 Å². The van der Waals surface area contributed by atoms with Crippen LogP contribution >= 0.6 is 27.5 Å². The second-order valence-corrected chi connectivity index (χ2v) is 8.11. The Morgan fingerprint density at radius 2 is 1.81 bits per heavy atom. The Hall–Kier alpha value is -2.47. The Labute approximate surface area is 199 Å². The summed E-state index contributed by atoms with van der Waals surface area (Å²) in [4.78, 5) is 4.15. The minimum atomic E-state index is -0.500. The number of pyridine rings is 1. The van der Waals surface area contributed by atoms with Gasteiger partial charge in [-0.15, -0.1) is 0 Å². The minimum absolute atomic E-state index is 0.0626. The molecule has 3 aromatic rings. The van der Waals surface area contributed by atoms with Crippen molar-refractivity contribution in [2.75, 3.05) is 26.4 Å². The van der Waals surface area contributed by atoms with E-state index in [4.69, 9.17) is 26.6 Å². The lowest BCUT2D eigenvalue weighted by atomic mass is 10.1. The van der Waals surface area contributed by atoms with Crippen LogP contribution in [0.4, 0.5) is 4.39 Å². The van der Waals surface area contributed by atoms with Crippen molar-refractivity contribution in [3.05, 3.63) is 81.3 Å². The van der Waals surface area contributed by atoms with Gasteiger partial charge in [0.2, 0.25) is 0 Å². The zero-order valence-corrected chi connectivity index (χ0v) is 19.3. The minimum Gasteiger partial charge on any atom is -0.491 e. The quantitative estimate of drug-likeness (QED) is 0.310. The predicted octanol–water partition coefficient (Wildman–Crippen LogP) is 4.03. The summed E-state index contributed by atoms with van der Waals surface area (Å²) in [6, 6.07) is 13.4. The Kier molecular flexibility index (Phi) is 9.03. The van der Waals surface area contributed by atoms with Crippen molar-refractivity contribution in [3.63, 3.8) is 0 Å². The Bertz CT molecular complexity index is 1110. The Morgan fingerprint density at radius 1 is 1.06 bits per heavy atom. The smallest absolute Gasteiger partial charge is 0.158 e. The number of rotatable bonds is 8. The number of nitrogens with zero attached hydrogens (tertiary/aromatic N) is 1. The normalized spacial score (nSPS) is 10.7. The summed E-state index contributed by atoms with van der Waals surface area (Å²) in [7, 11) is 0. The molecule has 1 aromatic heterocycles. The molecule has 0 amide bonds. The molecule has 0 fully saturated rings. The first kappa shape index (κ1) is 24.2. The molecule has 0 unspecified atom stereocenters. The highest BCUT2D eigenvalue weighted by Gasteiger charge is 2.07. The maximum absolute atomic E-state index is 14.5. The topological polar surface area (TPSA) is 74.6 Å². The Morgan fingerprint density at radius 3 is 2.47 bits per heavy atom. The fourth-order valence-corrected chi connectivity index (χ4v) is 3.39. The molecule has 0 aliphatic carbocycles. The summed E-state index contributed by atoms with van der Waals surface area (Å²) in [5, 5.41) is 21.6. The molecule has 166 valence electrons. The van der Waals surface area contributed by atoms with E-state index in [2.05, 4.69) is 38.1 Å². The largest absolute Gasteiger partial charge is 0.491 e. The van der Waals surface area contributed by atoms with Gasteiger partial charge in [-0.25, -0.2) is 9.37 Å². The molecule has 0 aliphatic heterocycles. The van der Waals surface area contributed by atoms with Crippen LogP contribution in [0.15, 0.2) is 59.2 Å². The third-order valence-electron chi connectivity index (χ3n) is 4.51. The number of halogens is 3. The molecule has 1 heterocycles. The van der Waals surface area contributed by atoms with Crippen LogP contribution in [0.25, 0.3) is 11.1 Å². The SMILES string of the molecule is OCC(CO)NCCOc1ccc(C#Cc2ncc(-c3ccc(Cl)cc3)cc2F)cc1Br. The summed E-state index contributed by atoms with van der Waals surface area (Å²) in [6.45, 7) is 0.533. The molecule has 0 saturated heterocycles. The van der Waals surface area contributed by atoms with E-state index in [-0.39, 0.29) is 24.9 Å². The lowest BCUT2D eigenvalue weighted by Gasteiger charge is -2.14. The van der Waals surface area contributed by atoms with Crippen molar-refractivity contribution in [2.45, 2.75) is 6.04 Å². The zero-order valence-electron chi connectivity index (χ0n) is 17.0. The average molecular weight is 520 g/mol. The molecular weight excluding hydrogens is 499 g/mol. The van der Waals surface area contributed by atoms with E-state index in [0.717, 1.165) is 5.56 Å². The van der Waals surface area contributed by atoms with Gasteiger partial charge in [0.05, 0.1) is 23.7 Å². The molecular formula is C24H21BrClFN2O3. The van der Waals surface area contributed by atoms with Crippen molar-refractivity contribution in [2.24, 2.45) is 0 Å². The van der Waals surface area contributed by atoms with Gasteiger partial charge in [-0.05, 0) is 63.8 Å². The predicted molar refractivity (Wildman–Crippen MR) is 126 cm³/mol. The number of aliphatic hydroxyl groups excluding tert-OH is 2. The molecule has 3 N–H and O–H groups in total. The number of aliphatic hydroxyl groups is 2. The molecule has 8 heteroatoms. The van der Waals surface area contributed by atoms with Gasteiger partial charge in [-0.1, -0.05) is 29.7 Å². The molecule has 0 saturated carbocycles. The molecule has 0 aliphatic rings. The number of aromatic nitrogens is 1. The van der Waals surface area contributed by atoms with E-state index in [9.17, 15) is 4.39 Å². The highest BCUT2D eigenvalue weighted by molar-refractivity contribution is 9.10. The Balaban J connectivity index is 1.64. The summed E-state index contributed by atoms with van der Waals surface area (Å²) in [6.07, 6.45) is 1.58. The number of hydrogen-bond donors (Lipinski definition) is 3. The maximum atomic E-state index is 14.5. The first-order chi connectivity index (χ1) is 15.5. The van der Waals surface area contributed by atoms with Gasteiger partial charge in [0.25, 0.3) is 0 Å². The molecule has 32 heavy (non-hydrogen) atoms. The molecule has 5 nitrogen and oxygen atoms in total. The lowest BCUT2D eigenvalue weighted by molar-refractivity contribution is 0.166. The first-order valence-corrected chi connectivity index (χ1v) is 11.0. The monoisotopic (exact) mass is 518 g/mol. The fraction of sp³-hybridized carbons (Fsp3) is 0.208. The van der Waals surface area contributed by atoms with E-state index < -0.39 is 5.82 Å². The van der Waals surface area contributed by atoms with E-state index in [1.807, 2.05) is 0 Å². The highest BCUT2D eigenvalue weighted by Crippen LogP contribution is 2.26. The van der Waals surface area contributed by atoms with Gasteiger partial charge in [0, 0.05) is 28.9 Å². The fourth-order valence-electron chi connectivity index (χ4n) is 2.77. The summed E-state index contributed by atoms with van der Waals surface area (Å²) >= 11 is 9.34. The van der Waals surface area contributed by atoms with Crippen LogP contribution in [0.3, 0.4) is 0 Å². The van der Waals surface area contributed by atoms with Gasteiger partial charge >= 0.3 is 0 Å². The van der Waals surface area contributed by atoms with Crippen LogP contribution < -0.4 is 10.1 Å². The van der Waals surface area contributed by atoms with E-state index in [1.54, 1.807) is 48.7 Å². The second kappa shape index (κ2) is 12.0. The molecule has 0 radical (unpaired) electrons. The van der Waals surface area contributed by atoms with Gasteiger partial charge < -0.3 is 20.3 Å². The van der Waals surface area contributed by atoms with E-state index in [1.165, 1.54) is 6.07 Å². The average Bonchev–Trinajstić information content (AvgIpc) is 2.80. The van der Waals surface area contributed by atoms with Gasteiger partial charge in [0.15, 0.2) is 5.82 Å². The third kappa shape index (κ3) is 6.76. The van der Waals surface area contributed by atoms with Crippen LogP contribution in [-0.4, -0.2) is 47.6 Å². The van der Waals surface area contributed by atoms with Crippen LogP contribution in [0.5, 0.6) is 5.75 Å². The second-order valence-electron chi connectivity index (χ2n) is 6.82. The summed E-state index contributed by atoms with van der Waals surface area (Å²) in [5.41, 5.74) is 2.20. The van der Waals surface area contributed by atoms with Crippen molar-refractivity contribution in [1.82, 2.24) is 10.3 Å². The van der Waals surface area contributed by atoms with E-state index >= 15 is 0 Å². The number of benzene rings is 2. The van der Waals surface area contributed by atoms with Crippen LogP contribution in [0.2, 0.25) is 5.02 Å². The summed E-state index contributed by atoms with van der Waals surface area (Å²) in [5.74, 6) is 5.80. The van der Waals surface area contributed by atoms with Crippen molar-refractivity contribution < 1.29 is 19.3 Å². The standard InChI is InChI=1S/C24H21BrClFN2O3/c25-21-11-16(2-8-24(21)32-10-9-28-20(14-30)15-31)1-7-23-22(27)12-18(13-29-23)17-3-5-19(26)6-4-17/h2-6,8,11-13,20,28,30-31H,9-10,14-15H2. The number of hydrogen-bond acceptors (Lipinski definition) is 5. The van der Waals surface area contributed by atoms with Crippen LogP contribution in [0.1, 0.15) is 11.3 Å².